The maximum atomic E-state index is 12.4. The molecule has 2 fully saturated rings. The van der Waals surface area contributed by atoms with Gasteiger partial charge in [-0.15, -0.1) is 0 Å². The van der Waals surface area contributed by atoms with Crippen molar-refractivity contribution < 1.29 is 8.42 Å². The van der Waals surface area contributed by atoms with Gasteiger partial charge in [-0.3, -0.25) is 0 Å². The molecule has 0 radical (unpaired) electrons. The minimum absolute atomic E-state index is 0.0780. The fraction of sp³-hybridized carbons (Fsp3) is 1.00. The molecule has 1 aliphatic carbocycles. The number of piperidine rings is 1. The van der Waals surface area contributed by atoms with Crippen LogP contribution in [0.4, 0.5) is 0 Å². The number of rotatable bonds is 9. The summed E-state index contributed by atoms with van der Waals surface area (Å²) in [5.41, 5.74) is 0. The Labute approximate surface area is 130 Å². The van der Waals surface area contributed by atoms with E-state index < -0.39 is 10.2 Å². The highest BCUT2D eigenvalue weighted by Gasteiger charge is 2.30. The number of nitrogens with zero attached hydrogens (tertiary/aromatic N) is 1. The van der Waals surface area contributed by atoms with Crippen LogP contribution in [0, 0.1) is 5.92 Å². The quantitative estimate of drug-likeness (QED) is 0.682. The summed E-state index contributed by atoms with van der Waals surface area (Å²) in [6, 6.07) is 0.821. The van der Waals surface area contributed by atoms with Gasteiger partial charge in [0.1, 0.15) is 0 Å². The normalized spacial score (nSPS) is 23.3. The minimum Gasteiger partial charge on any atom is -0.314 e. The first-order valence-corrected chi connectivity index (χ1v) is 10.00. The zero-order valence-electron chi connectivity index (χ0n) is 13.5. The summed E-state index contributed by atoms with van der Waals surface area (Å²) in [6.45, 7) is 6.51. The van der Waals surface area contributed by atoms with Gasteiger partial charge in [0.25, 0.3) is 10.2 Å². The highest BCUT2D eigenvalue weighted by molar-refractivity contribution is 7.87. The van der Waals surface area contributed by atoms with Crippen LogP contribution in [0.3, 0.4) is 0 Å². The van der Waals surface area contributed by atoms with Gasteiger partial charge in [-0.2, -0.15) is 17.4 Å². The van der Waals surface area contributed by atoms with Crippen LogP contribution in [0.1, 0.15) is 58.8 Å². The van der Waals surface area contributed by atoms with Crippen molar-refractivity contribution in [3.8, 4) is 0 Å². The summed E-state index contributed by atoms with van der Waals surface area (Å²) in [6.07, 6.45) is 7.36. The Morgan fingerprint density at radius 2 is 1.81 bits per heavy atom. The van der Waals surface area contributed by atoms with Crippen molar-refractivity contribution in [2.45, 2.75) is 70.9 Å². The average molecular weight is 317 g/mol. The summed E-state index contributed by atoms with van der Waals surface area (Å²) in [7, 11) is -3.30. The van der Waals surface area contributed by atoms with E-state index in [1.165, 1.54) is 12.8 Å². The molecular weight excluding hydrogens is 286 g/mol. The van der Waals surface area contributed by atoms with Crippen molar-refractivity contribution in [1.29, 1.82) is 0 Å². The molecule has 2 rings (SSSR count). The van der Waals surface area contributed by atoms with E-state index in [4.69, 9.17) is 0 Å². The Hall–Kier alpha value is -0.170. The zero-order valence-corrected chi connectivity index (χ0v) is 14.3. The van der Waals surface area contributed by atoms with Gasteiger partial charge < -0.3 is 5.32 Å². The van der Waals surface area contributed by atoms with Crippen LogP contribution in [-0.2, 0) is 10.2 Å². The van der Waals surface area contributed by atoms with Gasteiger partial charge in [0.15, 0.2) is 0 Å². The van der Waals surface area contributed by atoms with Gasteiger partial charge in [-0.1, -0.05) is 20.3 Å². The van der Waals surface area contributed by atoms with Gasteiger partial charge in [0, 0.05) is 25.2 Å². The smallest absolute Gasteiger partial charge is 0.279 e. The molecule has 0 aromatic rings. The lowest BCUT2D eigenvalue weighted by Gasteiger charge is -2.32. The van der Waals surface area contributed by atoms with Crippen LogP contribution in [-0.4, -0.2) is 44.4 Å². The molecule has 0 amide bonds. The second kappa shape index (κ2) is 7.90. The monoisotopic (exact) mass is 317 g/mol. The molecule has 1 saturated heterocycles. The lowest BCUT2D eigenvalue weighted by Crippen LogP contribution is -2.48. The molecule has 1 saturated carbocycles. The largest absolute Gasteiger partial charge is 0.314 e. The molecule has 6 heteroatoms. The van der Waals surface area contributed by atoms with Crippen molar-refractivity contribution in [1.82, 2.24) is 14.3 Å². The topological polar surface area (TPSA) is 61.4 Å². The Morgan fingerprint density at radius 3 is 2.33 bits per heavy atom. The summed E-state index contributed by atoms with van der Waals surface area (Å²) in [5.74, 6) is 0.634. The van der Waals surface area contributed by atoms with E-state index in [1.807, 2.05) is 6.92 Å². The van der Waals surface area contributed by atoms with E-state index >= 15 is 0 Å². The molecule has 0 aromatic carbocycles. The van der Waals surface area contributed by atoms with Crippen LogP contribution in [0.2, 0.25) is 0 Å². The zero-order chi connectivity index (χ0) is 15.3. The number of nitrogens with one attached hydrogen (secondary N) is 2. The summed E-state index contributed by atoms with van der Waals surface area (Å²) >= 11 is 0. The summed E-state index contributed by atoms with van der Waals surface area (Å²) in [4.78, 5) is 0. The highest BCUT2D eigenvalue weighted by Crippen LogP contribution is 2.22. The van der Waals surface area contributed by atoms with Crippen LogP contribution in [0.25, 0.3) is 0 Å². The molecule has 0 spiro atoms. The second-order valence-electron chi connectivity index (χ2n) is 6.54. The van der Waals surface area contributed by atoms with Crippen LogP contribution < -0.4 is 10.0 Å². The minimum atomic E-state index is -3.30. The van der Waals surface area contributed by atoms with Crippen molar-refractivity contribution in [2.24, 2.45) is 5.92 Å². The first kappa shape index (κ1) is 17.2. The van der Waals surface area contributed by atoms with Gasteiger partial charge in [-0.25, -0.2) is 0 Å². The molecule has 5 nitrogen and oxygen atoms in total. The third-order valence-corrected chi connectivity index (χ3v) is 6.31. The number of hydrogen-bond acceptors (Lipinski definition) is 3. The van der Waals surface area contributed by atoms with Gasteiger partial charge in [0.05, 0.1) is 0 Å². The third kappa shape index (κ3) is 5.51. The first-order chi connectivity index (χ1) is 10.0. The lowest BCUT2D eigenvalue weighted by atomic mass is 9.98. The average Bonchev–Trinajstić information content (AvgIpc) is 3.29. The summed E-state index contributed by atoms with van der Waals surface area (Å²) < 4.78 is 29.3. The van der Waals surface area contributed by atoms with E-state index in [2.05, 4.69) is 17.0 Å². The fourth-order valence-electron chi connectivity index (χ4n) is 2.95. The van der Waals surface area contributed by atoms with Gasteiger partial charge >= 0.3 is 0 Å². The Kier molecular flexibility index (Phi) is 6.47. The van der Waals surface area contributed by atoms with E-state index in [9.17, 15) is 8.42 Å². The predicted molar refractivity (Wildman–Crippen MR) is 86.4 cm³/mol. The third-order valence-electron chi connectivity index (χ3n) is 4.63. The molecule has 0 bridgehead atoms. The number of hydrogen-bond donors (Lipinski definition) is 2. The van der Waals surface area contributed by atoms with Crippen molar-refractivity contribution in [3.63, 3.8) is 0 Å². The Balaban J connectivity index is 1.76. The Morgan fingerprint density at radius 1 is 1.14 bits per heavy atom. The van der Waals surface area contributed by atoms with Crippen molar-refractivity contribution >= 4 is 10.2 Å². The molecular formula is C15H31N3O2S. The molecule has 2 N–H and O–H groups in total. The Bertz CT molecular complexity index is 401. The molecule has 0 aromatic heterocycles. The van der Waals surface area contributed by atoms with E-state index in [1.54, 1.807) is 4.31 Å². The molecule has 1 heterocycles. The van der Waals surface area contributed by atoms with Crippen molar-refractivity contribution in [3.05, 3.63) is 0 Å². The standard InChI is InChI=1S/C15H31N3O2S/c1-3-5-14(4-2)17-21(19,20)18-10-8-13(9-11-18)12-16-15-6-7-15/h13-17H,3-12H2,1-2H3. The van der Waals surface area contributed by atoms with Crippen LogP contribution >= 0.6 is 0 Å². The van der Waals surface area contributed by atoms with E-state index in [0.717, 1.165) is 44.7 Å². The highest BCUT2D eigenvalue weighted by atomic mass is 32.2. The maximum Gasteiger partial charge on any atom is 0.279 e. The first-order valence-electron chi connectivity index (χ1n) is 8.56. The lowest BCUT2D eigenvalue weighted by molar-refractivity contribution is 0.263. The SMILES string of the molecule is CCCC(CC)NS(=O)(=O)N1CCC(CNC2CC2)CC1. The van der Waals surface area contributed by atoms with Crippen LogP contribution in [0.15, 0.2) is 0 Å². The molecule has 1 atom stereocenters. The van der Waals surface area contributed by atoms with E-state index in [0.29, 0.717) is 19.0 Å². The second-order valence-corrected chi connectivity index (χ2v) is 8.24. The molecule has 1 unspecified atom stereocenters. The predicted octanol–water partition coefficient (Wildman–Crippen LogP) is 1.86. The van der Waals surface area contributed by atoms with Gasteiger partial charge in [0.2, 0.25) is 0 Å². The van der Waals surface area contributed by atoms with Gasteiger partial charge in [-0.05, 0) is 51.0 Å². The molecule has 124 valence electrons. The van der Waals surface area contributed by atoms with E-state index in [-0.39, 0.29) is 6.04 Å². The molecule has 1 aliphatic heterocycles. The fourth-order valence-corrected chi connectivity index (χ4v) is 4.50. The molecule has 21 heavy (non-hydrogen) atoms. The van der Waals surface area contributed by atoms with Crippen LogP contribution in [0.5, 0.6) is 0 Å². The summed E-state index contributed by atoms with van der Waals surface area (Å²) in [5, 5.41) is 3.55. The molecule has 2 aliphatic rings. The van der Waals surface area contributed by atoms with Crippen molar-refractivity contribution in [2.75, 3.05) is 19.6 Å². The maximum absolute atomic E-state index is 12.4.